The summed E-state index contributed by atoms with van der Waals surface area (Å²) in [7, 11) is 0. The van der Waals surface area contributed by atoms with Crippen molar-refractivity contribution < 1.29 is 0 Å². The Hall–Kier alpha value is -1.05. The van der Waals surface area contributed by atoms with Crippen LogP contribution in [0.1, 0.15) is 37.7 Å². The highest BCUT2D eigenvalue weighted by Gasteiger charge is 2.13. The molecule has 0 atom stereocenters. The van der Waals surface area contributed by atoms with Gasteiger partial charge in [0.15, 0.2) is 0 Å². The van der Waals surface area contributed by atoms with Gasteiger partial charge in [-0.15, -0.1) is 0 Å². The first-order valence-corrected chi connectivity index (χ1v) is 5.55. The van der Waals surface area contributed by atoms with Crippen LogP contribution in [0.15, 0.2) is 18.3 Å². The molecule has 0 unspecified atom stereocenters. The third-order valence-corrected chi connectivity index (χ3v) is 3.10. The van der Waals surface area contributed by atoms with E-state index in [0.29, 0.717) is 5.82 Å². The molecular formula is C12H18N2. The smallest absolute Gasteiger partial charge is 0.123 e. The maximum atomic E-state index is 5.55. The molecule has 0 amide bonds. The van der Waals surface area contributed by atoms with Gasteiger partial charge in [-0.25, -0.2) is 4.98 Å². The summed E-state index contributed by atoms with van der Waals surface area (Å²) in [5.74, 6) is 1.51. The summed E-state index contributed by atoms with van der Waals surface area (Å²) < 4.78 is 0. The van der Waals surface area contributed by atoms with Gasteiger partial charge in [0, 0.05) is 6.20 Å². The van der Waals surface area contributed by atoms with Crippen LogP contribution in [0.3, 0.4) is 0 Å². The van der Waals surface area contributed by atoms with Gasteiger partial charge >= 0.3 is 0 Å². The van der Waals surface area contributed by atoms with Crippen molar-refractivity contribution in [2.24, 2.45) is 5.92 Å². The quantitative estimate of drug-likeness (QED) is 0.778. The first kappa shape index (κ1) is 9.50. The van der Waals surface area contributed by atoms with Crippen molar-refractivity contribution in [3.05, 3.63) is 23.9 Å². The molecule has 1 saturated carbocycles. The van der Waals surface area contributed by atoms with Crippen molar-refractivity contribution in [2.45, 2.75) is 38.5 Å². The summed E-state index contributed by atoms with van der Waals surface area (Å²) in [4.78, 5) is 4.12. The summed E-state index contributed by atoms with van der Waals surface area (Å²) in [6, 6.07) is 4.01. The topological polar surface area (TPSA) is 38.9 Å². The number of hydrogen-bond donors (Lipinski definition) is 1. The normalized spacial score (nSPS) is 18.3. The molecule has 1 heterocycles. The fraction of sp³-hybridized carbons (Fsp3) is 0.583. The lowest BCUT2D eigenvalue weighted by molar-refractivity contribution is 0.356. The number of nitrogen functional groups attached to an aromatic ring is 1. The van der Waals surface area contributed by atoms with Crippen LogP contribution in [0, 0.1) is 5.92 Å². The Morgan fingerprint density at radius 3 is 2.64 bits per heavy atom. The minimum Gasteiger partial charge on any atom is -0.384 e. The highest BCUT2D eigenvalue weighted by molar-refractivity contribution is 5.29. The predicted octanol–water partition coefficient (Wildman–Crippen LogP) is 2.79. The third kappa shape index (κ3) is 2.47. The van der Waals surface area contributed by atoms with Crippen LogP contribution in [-0.4, -0.2) is 4.98 Å². The first-order valence-electron chi connectivity index (χ1n) is 5.55. The Bertz CT molecular complexity index is 273. The fourth-order valence-electron chi connectivity index (χ4n) is 2.28. The standard InChI is InChI=1S/C12H18N2/c13-12-7-6-11(9-14-12)8-10-4-2-1-3-5-10/h6-7,9-10H,1-5,8H2,(H2,13,14). The molecule has 0 bridgehead atoms. The maximum absolute atomic E-state index is 5.55. The van der Waals surface area contributed by atoms with E-state index in [-0.39, 0.29) is 0 Å². The minimum absolute atomic E-state index is 0.623. The highest BCUT2D eigenvalue weighted by atomic mass is 14.8. The van der Waals surface area contributed by atoms with E-state index < -0.39 is 0 Å². The molecule has 14 heavy (non-hydrogen) atoms. The highest BCUT2D eigenvalue weighted by Crippen LogP contribution is 2.26. The number of hydrogen-bond acceptors (Lipinski definition) is 2. The molecule has 0 aliphatic heterocycles. The van der Waals surface area contributed by atoms with Gasteiger partial charge in [-0.05, 0) is 24.0 Å². The van der Waals surface area contributed by atoms with Gasteiger partial charge in [0.2, 0.25) is 0 Å². The molecule has 2 heteroatoms. The van der Waals surface area contributed by atoms with Crippen molar-refractivity contribution in [1.82, 2.24) is 4.98 Å². The van der Waals surface area contributed by atoms with E-state index in [1.54, 1.807) is 0 Å². The molecule has 76 valence electrons. The second-order valence-corrected chi connectivity index (χ2v) is 4.30. The minimum atomic E-state index is 0.623. The van der Waals surface area contributed by atoms with Gasteiger partial charge in [-0.3, -0.25) is 0 Å². The van der Waals surface area contributed by atoms with Crippen LogP contribution in [0.4, 0.5) is 5.82 Å². The summed E-state index contributed by atoms with van der Waals surface area (Å²) in [6.45, 7) is 0. The second-order valence-electron chi connectivity index (χ2n) is 4.30. The molecule has 0 radical (unpaired) electrons. The fourth-order valence-corrected chi connectivity index (χ4v) is 2.28. The molecule has 2 rings (SSSR count). The van der Waals surface area contributed by atoms with E-state index in [0.717, 1.165) is 5.92 Å². The lowest BCUT2D eigenvalue weighted by atomic mass is 9.85. The summed E-state index contributed by atoms with van der Waals surface area (Å²) in [5, 5.41) is 0. The maximum Gasteiger partial charge on any atom is 0.123 e. The zero-order valence-electron chi connectivity index (χ0n) is 8.58. The SMILES string of the molecule is Nc1ccc(CC2CCCCC2)cn1. The molecule has 1 fully saturated rings. The number of pyridine rings is 1. The molecule has 2 nitrogen and oxygen atoms in total. The number of anilines is 1. The summed E-state index contributed by atoms with van der Waals surface area (Å²) >= 11 is 0. The Balaban J connectivity index is 1.92. The summed E-state index contributed by atoms with van der Waals surface area (Å²) in [5.41, 5.74) is 6.89. The van der Waals surface area contributed by atoms with Crippen LogP contribution in [0.25, 0.3) is 0 Å². The van der Waals surface area contributed by atoms with Gasteiger partial charge in [0.05, 0.1) is 0 Å². The number of rotatable bonds is 2. The number of nitrogens with zero attached hydrogens (tertiary/aromatic N) is 1. The number of aromatic nitrogens is 1. The van der Waals surface area contributed by atoms with Gasteiger partial charge in [-0.1, -0.05) is 38.2 Å². The first-order chi connectivity index (χ1) is 6.84. The van der Waals surface area contributed by atoms with E-state index in [1.165, 1.54) is 44.1 Å². The Morgan fingerprint density at radius 1 is 1.21 bits per heavy atom. The predicted molar refractivity (Wildman–Crippen MR) is 58.9 cm³/mol. The molecule has 1 aromatic rings. The van der Waals surface area contributed by atoms with Gasteiger partial charge in [0.1, 0.15) is 5.82 Å². The van der Waals surface area contributed by atoms with Crippen molar-refractivity contribution in [3.63, 3.8) is 0 Å². The van der Waals surface area contributed by atoms with Gasteiger partial charge < -0.3 is 5.73 Å². The van der Waals surface area contributed by atoms with Crippen LogP contribution in [-0.2, 0) is 6.42 Å². The van der Waals surface area contributed by atoms with Crippen LogP contribution >= 0.6 is 0 Å². The second kappa shape index (κ2) is 4.45. The average molecular weight is 190 g/mol. The molecule has 0 spiro atoms. The van der Waals surface area contributed by atoms with E-state index in [9.17, 15) is 0 Å². The van der Waals surface area contributed by atoms with Crippen molar-refractivity contribution in [3.8, 4) is 0 Å². The van der Waals surface area contributed by atoms with Gasteiger partial charge in [0.25, 0.3) is 0 Å². The molecule has 1 aromatic heterocycles. The van der Waals surface area contributed by atoms with E-state index in [1.807, 2.05) is 12.3 Å². The number of nitrogens with two attached hydrogens (primary N) is 1. The molecule has 0 aromatic carbocycles. The average Bonchev–Trinajstić information content (AvgIpc) is 2.23. The largest absolute Gasteiger partial charge is 0.384 e. The van der Waals surface area contributed by atoms with Crippen LogP contribution < -0.4 is 5.73 Å². The van der Waals surface area contributed by atoms with Gasteiger partial charge in [-0.2, -0.15) is 0 Å². The van der Waals surface area contributed by atoms with Crippen molar-refractivity contribution in [2.75, 3.05) is 5.73 Å². The molecule has 2 N–H and O–H groups in total. The Labute approximate surface area is 85.5 Å². The lowest BCUT2D eigenvalue weighted by Gasteiger charge is -2.21. The lowest BCUT2D eigenvalue weighted by Crippen LogP contribution is -2.09. The van der Waals surface area contributed by atoms with Crippen LogP contribution in [0.5, 0.6) is 0 Å². The Kier molecular flexibility index (Phi) is 3.02. The van der Waals surface area contributed by atoms with Crippen molar-refractivity contribution in [1.29, 1.82) is 0 Å². The molecular weight excluding hydrogens is 172 g/mol. The van der Waals surface area contributed by atoms with Crippen molar-refractivity contribution >= 4 is 5.82 Å². The third-order valence-electron chi connectivity index (χ3n) is 3.10. The van der Waals surface area contributed by atoms with E-state index in [2.05, 4.69) is 11.1 Å². The Morgan fingerprint density at radius 2 is 2.00 bits per heavy atom. The van der Waals surface area contributed by atoms with E-state index >= 15 is 0 Å². The molecule has 1 aliphatic rings. The zero-order chi connectivity index (χ0) is 9.80. The van der Waals surface area contributed by atoms with E-state index in [4.69, 9.17) is 5.73 Å². The molecule has 1 aliphatic carbocycles. The monoisotopic (exact) mass is 190 g/mol. The summed E-state index contributed by atoms with van der Waals surface area (Å²) in [6.07, 6.45) is 10.1. The molecule has 0 saturated heterocycles. The van der Waals surface area contributed by atoms with Crippen LogP contribution in [0.2, 0.25) is 0 Å². The zero-order valence-corrected chi connectivity index (χ0v) is 8.58.